The number of hydrogen-bond donors (Lipinski definition) is 0. The molecule has 0 radical (unpaired) electrons. The Morgan fingerprint density at radius 3 is 2.65 bits per heavy atom. The third-order valence-corrected chi connectivity index (χ3v) is 2.07. The summed E-state index contributed by atoms with van der Waals surface area (Å²) in [6.45, 7) is 2.64. The average molecular weight is 233 g/mol. The minimum atomic E-state index is -0.330. The van der Waals surface area contributed by atoms with Crippen molar-refractivity contribution in [3.8, 4) is 11.8 Å². The first-order valence-corrected chi connectivity index (χ1v) is 5.55. The molecule has 0 aliphatic heterocycles. The highest BCUT2D eigenvalue weighted by molar-refractivity contribution is 5.89. The van der Waals surface area contributed by atoms with E-state index >= 15 is 0 Å². The van der Waals surface area contributed by atoms with Crippen LogP contribution in [-0.4, -0.2) is 19.2 Å². The normalized spacial score (nSPS) is 9.41. The van der Waals surface area contributed by atoms with Gasteiger partial charge in [0.15, 0.2) is 0 Å². The van der Waals surface area contributed by atoms with Crippen molar-refractivity contribution < 1.29 is 14.3 Å². The number of carbonyl (C=O) groups excluding carboxylic acids is 1. The molecular formula is C13H15NO3. The molecule has 0 amide bonds. The summed E-state index contributed by atoms with van der Waals surface area (Å²) < 4.78 is 10.3. The monoisotopic (exact) mass is 233 g/mol. The Morgan fingerprint density at radius 1 is 1.35 bits per heavy atom. The number of benzene rings is 1. The first kappa shape index (κ1) is 13.0. The molecule has 0 atom stereocenters. The number of rotatable bonds is 6. The predicted molar refractivity (Wildman–Crippen MR) is 62.7 cm³/mol. The van der Waals surface area contributed by atoms with Crippen LogP contribution in [0.5, 0.6) is 5.75 Å². The summed E-state index contributed by atoms with van der Waals surface area (Å²) in [6, 6.07) is 8.82. The third kappa shape index (κ3) is 4.56. The topological polar surface area (TPSA) is 59.3 Å². The highest BCUT2D eigenvalue weighted by Crippen LogP contribution is 2.13. The fourth-order valence-electron chi connectivity index (χ4n) is 1.24. The van der Waals surface area contributed by atoms with Crippen molar-refractivity contribution in [2.75, 3.05) is 13.2 Å². The van der Waals surface area contributed by atoms with E-state index in [4.69, 9.17) is 14.7 Å². The van der Waals surface area contributed by atoms with E-state index in [9.17, 15) is 4.79 Å². The lowest BCUT2D eigenvalue weighted by atomic mass is 10.2. The Labute approximate surface area is 101 Å². The molecule has 0 bridgehead atoms. The second-order valence-electron chi connectivity index (χ2n) is 3.35. The molecule has 0 spiro atoms. The van der Waals surface area contributed by atoms with E-state index in [1.165, 1.54) is 0 Å². The molecular weight excluding hydrogens is 218 g/mol. The number of nitriles is 1. The summed E-state index contributed by atoms with van der Waals surface area (Å²) in [5.74, 6) is 0.361. The lowest BCUT2D eigenvalue weighted by molar-refractivity contribution is 0.0526. The van der Waals surface area contributed by atoms with Crippen LogP contribution >= 0.6 is 0 Å². The highest BCUT2D eigenvalue weighted by Gasteiger charge is 2.05. The van der Waals surface area contributed by atoms with Gasteiger partial charge in [0.25, 0.3) is 0 Å². The summed E-state index contributed by atoms with van der Waals surface area (Å²) >= 11 is 0. The molecule has 4 nitrogen and oxygen atoms in total. The Balaban J connectivity index is 2.45. The van der Waals surface area contributed by atoms with Crippen LogP contribution in [0.25, 0.3) is 0 Å². The van der Waals surface area contributed by atoms with Crippen LogP contribution in [0, 0.1) is 11.3 Å². The van der Waals surface area contributed by atoms with E-state index in [1.54, 1.807) is 31.2 Å². The molecule has 0 heterocycles. The molecule has 17 heavy (non-hydrogen) atoms. The van der Waals surface area contributed by atoms with E-state index in [1.807, 2.05) is 0 Å². The summed E-state index contributed by atoms with van der Waals surface area (Å²) in [7, 11) is 0. The summed E-state index contributed by atoms with van der Waals surface area (Å²) in [6.07, 6.45) is 1.19. The van der Waals surface area contributed by atoms with E-state index in [-0.39, 0.29) is 5.97 Å². The maximum Gasteiger partial charge on any atom is 0.338 e. The van der Waals surface area contributed by atoms with Gasteiger partial charge >= 0.3 is 5.97 Å². The zero-order valence-corrected chi connectivity index (χ0v) is 9.81. The Hall–Kier alpha value is -2.02. The second kappa shape index (κ2) is 7.29. The van der Waals surface area contributed by atoms with Crippen molar-refractivity contribution in [2.45, 2.75) is 19.8 Å². The SMILES string of the molecule is CCOC(=O)c1ccc(OCCCC#N)cc1. The highest BCUT2D eigenvalue weighted by atomic mass is 16.5. The van der Waals surface area contributed by atoms with Crippen LogP contribution in [0.1, 0.15) is 30.1 Å². The van der Waals surface area contributed by atoms with Crippen LogP contribution in [0.2, 0.25) is 0 Å². The number of hydrogen-bond acceptors (Lipinski definition) is 4. The zero-order valence-electron chi connectivity index (χ0n) is 9.81. The van der Waals surface area contributed by atoms with Crippen molar-refractivity contribution in [3.63, 3.8) is 0 Å². The molecule has 0 aliphatic carbocycles. The van der Waals surface area contributed by atoms with Gasteiger partial charge in [0.2, 0.25) is 0 Å². The number of nitrogens with zero attached hydrogens (tertiary/aromatic N) is 1. The summed E-state index contributed by atoms with van der Waals surface area (Å²) in [5, 5.41) is 8.35. The first-order valence-electron chi connectivity index (χ1n) is 5.55. The number of carbonyl (C=O) groups is 1. The zero-order chi connectivity index (χ0) is 12.5. The summed E-state index contributed by atoms with van der Waals surface area (Å²) in [5.41, 5.74) is 0.510. The molecule has 0 saturated carbocycles. The Bertz CT molecular complexity index is 392. The maximum absolute atomic E-state index is 11.4. The quantitative estimate of drug-likeness (QED) is 0.559. The van der Waals surface area contributed by atoms with Gasteiger partial charge in [0, 0.05) is 6.42 Å². The van der Waals surface area contributed by atoms with Gasteiger partial charge in [-0.3, -0.25) is 0 Å². The average Bonchev–Trinajstić information content (AvgIpc) is 2.36. The fraction of sp³-hybridized carbons (Fsp3) is 0.385. The van der Waals surface area contributed by atoms with Crippen LogP contribution in [-0.2, 0) is 4.74 Å². The first-order chi connectivity index (χ1) is 8.27. The van der Waals surface area contributed by atoms with Crippen molar-refractivity contribution in [1.82, 2.24) is 0 Å². The van der Waals surface area contributed by atoms with E-state index in [2.05, 4.69) is 6.07 Å². The summed E-state index contributed by atoms with van der Waals surface area (Å²) in [4.78, 5) is 11.4. The lowest BCUT2D eigenvalue weighted by Gasteiger charge is -2.05. The molecule has 1 aromatic carbocycles. The maximum atomic E-state index is 11.4. The Morgan fingerprint density at radius 2 is 2.06 bits per heavy atom. The van der Waals surface area contributed by atoms with Gasteiger partial charge in [0.05, 0.1) is 24.8 Å². The van der Waals surface area contributed by atoms with Crippen LogP contribution < -0.4 is 4.74 Å². The van der Waals surface area contributed by atoms with Crippen molar-refractivity contribution in [3.05, 3.63) is 29.8 Å². The van der Waals surface area contributed by atoms with E-state index in [0.29, 0.717) is 37.4 Å². The standard InChI is InChI=1S/C13H15NO3/c1-2-16-13(15)11-5-7-12(8-6-11)17-10-4-3-9-14/h5-8H,2-4,10H2,1H3. The molecule has 0 aliphatic rings. The smallest absolute Gasteiger partial charge is 0.338 e. The molecule has 0 aromatic heterocycles. The lowest BCUT2D eigenvalue weighted by Crippen LogP contribution is -2.04. The molecule has 0 saturated heterocycles. The van der Waals surface area contributed by atoms with Gasteiger partial charge in [0.1, 0.15) is 5.75 Å². The van der Waals surface area contributed by atoms with Crippen LogP contribution in [0.3, 0.4) is 0 Å². The fourth-order valence-corrected chi connectivity index (χ4v) is 1.24. The van der Waals surface area contributed by atoms with Crippen molar-refractivity contribution in [1.29, 1.82) is 5.26 Å². The van der Waals surface area contributed by atoms with E-state index < -0.39 is 0 Å². The van der Waals surface area contributed by atoms with Gasteiger partial charge in [-0.05, 0) is 37.6 Å². The Kier molecular flexibility index (Phi) is 5.59. The van der Waals surface area contributed by atoms with Crippen LogP contribution in [0.15, 0.2) is 24.3 Å². The van der Waals surface area contributed by atoms with Gasteiger partial charge in [-0.25, -0.2) is 4.79 Å². The molecule has 1 rings (SSSR count). The van der Waals surface area contributed by atoms with E-state index in [0.717, 1.165) is 0 Å². The molecule has 90 valence electrons. The largest absolute Gasteiger partial charge is 0.494 e. The minimum Gasteiger partial charge on any atom is -0.494 e. The molecule has 0 N–H and O–H groups in total. The number of unbranched alkanes of at least 4 members (excludes halogenated alkanes) is 1. The third-order valence-electron chi connectivity index (χ3n) is 2.07. The predicted octanol–water partition coefficient (Wildman–Crippen LogP) is 2.55. The second-order valence-corrected chi connectivity index (χ2v) is 3.35. The van der Waals surface area contributed by atoms with Gasteiger partial charge < -0.3 is 9.47 Å². The van der Waals surface area contributed by atoms with Gasteiger partial charge in [-0.2, -0.15) is 5.26 Å². The minimum absolute atomic E-state index is 0.330. The van der Waals surface area contributed by atoms with Crippen molar-refractivity contribution >= 4 is 5.97 Å². The molecule has 1 aromatic rings. The molecule has 0 unspecified atom stereocenters. The number of esters is 1. The van der Waals surface area contributed by atoms with Crippen LogP contribution in [0.4, 0.5) is 0 Å². The molecule has 0 fully saturated rings. The van der Waals surface area contributed by atoms with Gasteiger partial charge in [-0.15, -0.1) is 0 Å². The van der Waals surface area contributed by atoms with Gasteiger partial charge in [-0.1, -0.05) is 0 Å². The number of ether oxygens (including phenoxy) is 2. The van der Waals surface area contributed by atoms with Crippen molar-refractivity contribution in [2.24, 2.45) is 0 Å². The molecule has 4 heteroatoms.